The van der Waals surface area contributed by atoms with E-state index < -0.39 is 20.3 Å². The summed E-state index contributed by atoms with van der Waals surface area (Å²) in [7, 11) is -3.38. The van der Waals surface area contributed by atoms with E-state index in [2.05, 4.69) is 31.0 Å². The average molecular weight is 390 g/mol. The van der Waals surface area contributed by atoms with E-state index in [0.29, 0.717) is 19.4 Å². The van der Waals surface area contributed by atoms with Crippen molar-refractivity contribution in [2.24, 2.45) is 0 Å². The second-order valence-electron chi connectivity index (χ2n) is 7.00. The van der Waals surface area contributed by atoms with E-state index >= 15 is 0 Å². The summed E-state index contributed by atoms with van der Waals surface area (Å²) in [5, 5.41) is 3.28. The van der Waals surface area contributed by atoms with Crippen molar-refractivity contribution in [2.75, 3.05) is 11.9 Å². The lowest BCUT2D eigenvalue weighted by Crippen LogP contribution is -2.58. The first-order chi connectivity index (χ1) is 10.1. The third kappa shape index (κ3) is 3.63. The third-order valence-corrected chi connectivity index (χ3v) is 7.51. The summed E-state index contributed by atoms with van der Waals surface area (Å²) in [6, 6.07) is 1.85. The van der Waals surface area contributed by atoms with Gasteiger partial charge in [-0.05, 0) is 62.5 Å². The Morgan fingerprint density at radius 1 is 1.36 bits per heavy atom. The number of hydrogen-bond donors (Lipinski definition) is 2. The monoisotopic (exact) mass is 389 g/mol. The smallest absolute Gasteiger partial charge is 0.219 e. The molecule has 1 heterocycles. The van der Waals surface area contributed by atoms with Gasteiger partial charge in [0.25, 0.3) is 0 Å². The number of aryl methyl sites for hydroxylation is 1. The number of aromatic nitrogens is 1. The lowest BCUT2D eigenvalue weighted by atomic mass is 9.84. The Morgan fingerprint density at radius 2 is 2.00 bits per heavy atom. The first kappa shape index (κ1) is 17.7. The van der Waals surface area contributed by atoms with E-state index in [1.165, 1.54) is 0 Å². The number of sulfonamides is 1. The second-order valence-corrected chi connectivity index (χ2v) is 9.87. The highest BCUT2D eigenvalue weighted by atomic mass is 79.9. The van der Waals surface area contributed by atoms with E-state index in [1.807, 2.05) is 33.8 Å². The van der Waals surface area contributed by atoms with Crippen molar-refractivity contribution in [3.05, 3.63) is 22.4 Å². The number of rotatable bonds is 5. The highest BCUT2D eigenvalue weighted by Gasteiger charge is 2.49. The minimum absolute atomic E-state index is 0.403. The predicted octanol–water partition coefficient (Wildman–Crippen LogP) is 3.21. The highest BCUT2D eigenvalue weighted by Crippen LogP contribution is 2.40. The van der Waals surface area contributed by atoms with Crippen LogP contribution < -0.4 is 10.0 Å². The average Bonchev–Trinajstić information content (AvgIpc) is 2.29. The van der Waals surface area contributed by atoms with Crippen molar-refractivity contribution in [3.8, 4) is 0 Å². The van der Waals surface area contributed by atoms with Gasteiger partial charge in [0.1, 0.15) is 4.75 Å². The summed E-state index contributed by atoms with van der Waals surface area (Å²) < 4.78 is 28.5. The van der Waals surface area contributed by atoms with Crippen LogP contribution in [0.2, 0.25) is 0 Å². The standard InChI is InChI=1S/C15H24BrN3O2S/c1-11-13(16)12(6-9-17-11)18-10-15(7-5-8-15)22(20,21)19-14(2,3)4/h6,9,19H,5,7-8,10H2,1-4H3,(H,17,18). The molecule has 124 valence electrons. The highest BCUT2D eigenvalue weighted by molar-refractivity contribution is 9.10. The Kier molecular flexibility index (Phi) is 4.90. The van der Waals surface area contributed by atoms with Gasteiger partial charge in [-0.25, -0.2) is 13.1 Å². The molecule has 7 heteroatoms. The summed E-state index contributed by atoms with van der Waals surface area (Å²) in [4.78, 5) is 4.20. The summed E-state index contributed by atoms with van der Waals surface area (Å²) in [6.07, 6.45) is 4.04. The minimum atomic E-state index is -3.38. The van der Waals surface area contributed by atoms with Crippen LogP contribution in [0.15, 0.2) is 16.7 Å². The Labute approximate surface area is 141 Å². The number of hydrogen-bond acceptors (Lipinski definition) is 4. The molecule has 5 nitrogen and oxygen atoms in total. The quantitative estimate of drug-likeness (QED) is 0.810. The molecule has 2 rings (SSSR count). The van der Waals surface area contributed by atoms with Crippen molar-refractivity contribution in [2.45, 2.75) is 57.2 Å². The molecule has 1 aliphatic carbocycles. The predicted molar refractivity (Wildman–Crippen MR) is 93.6 cm³/mol. The molecule has 1 aliphatic rings. The molecule has 0 amide bonds. The van der Waals surface area contributed by atoms with Crippen LogP contribution in [0.25, 0.3) is 0 Å². The summed E-state index contributed by atoms with van der Waals surface area (Å²) in [5.41, 5.74) is 1.29. The first-order valence-electron chi connectivity index (χ1n) is 7.45. The molecule has 0 atom stereocenters. The molecule has 0 unspecified atom stereocenters. The van der Waals surface area contributed by atoms with Crippen molar-refractivity contribution in [1.29, 1.82) is 0 Å². The maximum absolute atomic E-state index is 12.7. The molecule has 2 N–H and O–H groups in total. The molecule has 0 aromatic carbocycles. The lowest BCUT2D eigenvalue weighted by Gasteiger charge is -2.42. The van der Waals surface area contributed by atoms with Crippen molar-refractivity contribution in [3.63, 3.8) is 0 Å². The fraction of sp³-hybridized carbons (Fsp3) is 0.667. The molecule has 22 heavy (non-hydrogen) atoms. The van der Waals surface area contributed by atoms with Gasteiger partial charge in [0.05, 0.1) is 15.9 Å². The van der Waals surface area contributed by atoms with Gasteiger partial charge in [0.2, 0.25) is 10.0 Å². The third-order valence-electron chi connectivity index (χ3n) is 3.94. The zero-order chi connectivity index (χ0) is 16.6. The Morgan fingerprint density at radius 3 is 2.50 bits per heavy atom. The van der Waals surface area contributed by atoms with Crippen LogP contribution in [0.1, 0.15) is 45.7 Å². The minimum Gasteiger partial charge on any atom is -0.382 e. The van der Waals surface area contributed by atoms with Crippen molar-refractivity contribution in [1.82, 2.24) is 9.71 Å². The Balaban J connectivity index is 2.17. The van der Waals surface area contributed by atoms with E-state index in [-0.39, 0.29) is 0 Å². The number of anilines is 1. The molecular weight excluding hydrogens is 366 g/mol. The van der Waals surface area contributed by atoms with E-state index in [0.717, 1.165) is 22.3 Å². The number of halogens is 1. The molecule has 1 aromatic rings. The molecule has 0 spiro atoms. The van der Waals surface area contributed by atoms with Gasteiger partial charge in [0.15, 0.2) is 0 Å². The van der Waals surface area contributed by atoms with E-state index in [1.54, 1.807) is 6.20 Å². The van der Waals surface area contributed by atoms with Gasteiger partial charge in [-0.2, -0.15) is 0 Å². The van der Waals surface area contributed by atoms with Crippen LogP contribution >= 0.6 is 15.9 Å². The van der Waals surface area contributed by atoms with Gasteiger partial charge >= 0.3 is 0 Å². The maximum Gasteiger partial charge on any atom is 0.219 e. The van der Waals surface area contributed by atoms with Gasteiger partial charge in [-0.15, -0.1) is 0 Å². The largest absolute Gasteiger partial charge is 0.382 e. The van der Waals surface area contributed by atoms with Crippen LogP contribution in [-0.2, 0) is 10.0 Å². The first-order valence-corrected chi connectivity index (χ1v) is 9.72. The lowest BCUT2D eigenvalue weighted by molar-refractivity contribution is 0.339. The summed E-state index contributed by atoms with van der Waals surface area (Å²) in [6.45, 7) is 7.92. The zero-order valence-electron chi connectivity index (χ0n) is 13.5. The van der Waals surface area contributed by atoms with Crippen LogP contribution in [0.3, 0.4) is 0 Å². The topological polar surface area (TPSA) is 71.1 Å². The SMILES string of the molecule is Cc1nccc(NCC2(S(=O)(=O)NC(C)(C)C)CCC2)c1Br. The molecule has 0 bridgehead atoms. The van der Waals surface area contributed by atoms with Gasteiger partial charge in [-0.1, -0.05) is 6.42 Å². The number of nitrogens with zero attached hydrogens (tertiary/aromatic N) is 1. The number of pyridine rings is 1. The molecule has 1 aromatic heterocycles. The fourth-order valence-electron chi connectivity index (χ4n) is 2.56. The van der Waals surface area contributed by atoms with Gasteiger partial charge in [0, 0.05) is 18.3 Å². The Hall–Kier alpha value is -0.660. The molecule has 1 fully saturated rings. The van der Waals surface area contributed by atoms with Crippen LogP contribution in [-0.4, -0.2) is 30.2 Å². The van der Waals surface area contributed by atoms with Crippen LogP contribution in [0, 0.1) is 6.92 Å². The molecule has 0 saturated heterocycles. The van der Waals surface area contributed by atoms with Crippen molar-refractivity contribution >= 4 is 31.6 Å². The molecule has 0 aliphatic heterocycles. The number of nitrogens with one attached hydrogen (secondary N) is 2. The molecular formula is C15H24BrN3O2S. The summed E-state index contributed by atoms with van der Waals surface area (Å²) in [5.74, 6) is 0. The maximum atomic E-state index is 12.7. The van der Waals surface area contributed by atoms with E-state index in [4.69, 9.17) is 0 Å². The van der Waals surface area contributed by atoms with Crippen LogP contribution in [0.4, 0.5) is 5.69 Å². The summed E-state index contributed by atoms with van der Waals surface area (Å²) >= 11 is 3.50. The zero-order valence-corrected chi connectivity index (χ0v) is 15.9. The van der Waals surface area contributed by atoms with Crippen LogP contribution in [0.5, 0.6) is 0 Å². The van der Waals surface area contributed by atoms with Gasteiger partial charge < -0.3 is 5.32 Å². The Bertz CT molecular complexity index is 649. The van der Waals surface area contributed by atoms with Gasteiger partial charge in [-0.3, -0.25) is 4.98 Å². The molecule has 1 saturated carbocycles. The normalized spacial score (nSPS) is 17.9. The van der Waals surface area contributed by atoms with Crippen molar-refractivity contribution < 1.29 is 8.42 Å². The van der Waals surface area contributed by atoms with E-state index in [9.17, 15) is 8.42 Å². The fourth-order valence-corrected chi connectivity index (χ4v) is 5.05. The molecule has 0 radical (unpaired) electrons. The second kappa shape index (κ2) is 6.09.